The van der Waals surface area contributed by atoms with E-state index in [0.29, 0.717) is 5.57 Å². The summed E-state index contributed by atoms with van der Waals surface area (Å²) in [6, 6.07) is 0. The van der Waals surface area contributed by atoms with Crippen LogP contribution in [-0.4, -0.2) is 11.6 Å². The van der Waals surface area contributed by atoms with Gasteiger partial charge in [0.2, 0.25) is 0 Å². The SMILES string of the molecule is C=CC1(OC(=O)C(=C)C)CCCC1. The Morgan fingerprint density at radius 2 is 2.00 bits per heavy atom. The second kappa shape index (κ2) is 3.77. The molecular formula is C11H16O2. The zero-order valence-electron chi connectivity index (χ0n) is 8.14. The lowest BCUT2D eigenvalue weighted by molar-refractivity contribution is -0.149. The molecule has 0 aliphatic heterocycles. The highest BCUT2D eigenvalue weighted by atomic mass is 16.6. The Morgan fingerprint density at radius 3 is 2.38 bits per heavy atom. The van der Waals surface area contributed by atoms with Crippen LogP contribution in [0.1, 0.15) is 32.6 Å². The third kappa shape index (κ3) is 2.20. The molecule has 0 radical (unpaired) electrons. The first-order valence-electron chi connectivity index (χ1n) is 4.62. The van der Waals surface area contributed by atoms with Crippen molar-refractivity contribution in [2.24, 2.45) is 0 Å². The highest BCUT2D eigenvalue weighted by Gasteiger charge is 2.34. The predicted octanol–water partition coefficient (Wildman–Crippen LogP) is 2.60. The first kappa shape index (κ1) is 10.0. The minimum absolute atomic E-state index is 0.304. The van der Waals surface area contributed by atoms with E-state index in [2.05, 4.69) is 13.2 Å². The molecule has 0 N–H and O–H groups in total. The van der Waals surface area contributed by atoms with Crippen LogP contribution in [-0.2, 0) is 9.53 Å². The van der Waals surface area contributed by atoms with Crippen LogP contribution < -0.4 is 0 Å². The van der Waals surface area contributed by atoms with Gasteiger partial charge < -0.3 is 4.74 Å². The Labute approximate surface area is 79.3 Å². The van der Waals surface area contributed by atoms with Gasteiger partial charge in [-0.3, -0.25) is 0 Å². The van der Waals surface area contributed by atoms with Crippen molar-refractivity contribution in [3.05, 3.63) is 24.8 Å². The van der Waals surface area contributed by atoms with Crippen LogP contribution in [0.4, 0.5) is 0 Å². The van der Waals surface area contributed by atoms with Gasteiger partial charge in [0.05, 0.1) is 0 Å². The highest BCUT2D eigenvalue weighted by molar-refractivity contribution is 5.87. The number of esters is 1. The maximum absolute atomic E-state index is 11.3. The summed E-state index contributed by atoms with van der Waals surface area (Å²) < 4.78 is 5.35. The number of ether oxygens (including phenoxy) is 1. The summed E-state index contributed by atoms with van der Waals surface area (Å²) in [6.45, 7) is 8.93. The van der Waals surface area contributed by atoms with E-state index in [4.69, 9.17) is 4.74 Å². The van der Waals surface area contributed by atoms with Crippen molar-refractivity contribution < 1.29 is 9.53 Å². The van der Waals surface area contributed by atoms with Gasteiger partial charge in [-0.2, -0.15) is 0 Å². The third-order valence-electron chi connectivity index (χ3n) is 2.47. The molecule has 1 aliphatic rings. The molecule has 1 aliphatic carbocycles. The van der Waals surface area contributed by atoms with Crippen LogP contribution in [0.15, 0.2) is 24.8 Å². The molecule has 0 aromatic rings. The summed E-state index contributed by atoms with van der Waals surface area (Å²) in [7, 11) is 0. The van der Waals surface area contributed by atoms with Crippen molar-refractivity contribution in [1.29, 1.82) is 0 Å². The number of carbonyl (C=O) groups is 1. The first-order chi connectivity index (χ1) is 6.09. The van der Waals surface area contributed by atoms with E-state index in [1.165, 1.54) is 0 Å². The summed E-state index contributed by atoms with van der Waals surface area (Å²) in [5, 5.41) is 0. The van der Waals surface area contributed by atoms with Gasteiger partial charge >= 0.3 is 5.97 Å². The molecule has 0 saturated heterocycles. The Bertz CT molecular complexity index is 234. The van der Waals surface area contributed by atoms with Crippen LogP contribution in [0.5, 0.6) is 0 Å². The van der Waals surface area contributed by atoms with Gasteiger partial charge in [0.25, 0.3) is 0 Å². The fourth-order valence-corrected chi connectivity index (χ4v) is 1.59. The Balaban J connectivity index is 2.63. The van der Waals surface area contributed by atoms with Gasteiger partial charge in [0.1, 0.15) is 5.60 Å². The largest absolute Gasteiger partial charge is 0.451 e. The second-order valence-corrected chi connectivity index (χ2v) is 3.65. The van der Waals surface area contributed by atoms with Gasteiger partial charge in [-0.05, 0) is 38.7 Å². The summed E-state index contributed by atoms with van der Waals surface area (Å²) in [6.07, 6.45) is 5.76. The summed E-state index contributed by atoms with van der Waals surface area (Å²) in [5.41, 5.74) is 0.0453. The van der Waals surface area contributed by atoms with Crippen molar-refractivity contribution in [2.45, 2.75) is 38.2 Å². The van der Waals surface area contributed by atoms with E-state index in [1.807, 2.05) is 0 Å². The van der Waals surface area contributed by atoms with Crippen molar-refractivity contribution in [3.63, 3.8) is 0 Å². The maximum Gasteiger partial charge on any atom is 0.333 e. The number of hydrogen-bond acceptors (Lipinski definition) is 2. The van der Waals surface area contributed by atoms with E-state index >= 15 is 0 Å². The minimum Gasteiger partial charge on any atom is -0.451 e. The van der Waals surface area contributed by atoms with Crippen molar-refractivity contribution >= 4 is 5.97 Å². The molecule has 0 aromatic carbocycles. The highest BCUT2D eigenvalue weighted by Crippen LogP contribution is 2.34. The Hall–Kier alpha value is -1.05. The van der Waals surface area contributed by atoms with E-state index < -0.39 is 5.60 Å². The van der Waals surface area contributed by atoms with Crippen LogP contribution >= 0.6 is 0 Å². The molecule has 1 saturated carbocycles. The minimum atomic E-state index is -0.407. The van der Waals surface area contributed by atoms with Crippen molar-refractivity contribution in [3.8, 4) is 0 Å². The molecule has 13 heavy (non-hydrogen) atoms. The molecule has 2 heteroatoms. The van der Waals surface area contributed by atoms with E-state index in [-0.39, 0.29) is 5.97 Å². The molecule has 0 unspecified atom stereocenters. The fourth-order valence-electron chi connectivity index (χ4n) is 1.59. The average molecular weight is 180 g/mol. The lowest BCUT2D eigenvalue weighted by Crippen LogP contribution is -2.29. The predicted molar refractivity (Wildman–Crippen MR) is 52.3 cm³/mol. The normalized spacial score (nSPS) is 19.5. The Morgan fingerprint density at radius 1 is 1.46 bits per heavy atom. The van der Waals surface area contributed by atoms with Crippen LogP contribution in [0.2, 0.25) is 0 Å². The van der Waals surface area contributed by atoms with Crippen LogP contribution in [0.3, 0.4) is 0 Å². The van der Waals surface area contributed by atoms with Gasteiger partial charge in [0, 0.05) is 5.57 Å². The molecule has 0 atom stereocenters. The molecule has 0 spiro atoms. The average Bonchev–Trinajstić information content (AvgIpc) is 2.54. The molecule has 2 nitrogen and oxygen atoms in total. The molecule has 0 bridgehead atoms. The number of hydrogen-bond donors (Lipinski definition) is 0. The summed E-state index contributed by atoms with van der Waals surface area (Å²) in [4.78, 5) is 11.3. The van der Waals surface area contributed by atoms with Gasteiger partial charge in [-0.1, -0.05) is 13.2 Å². The van der Waals surface area contributed by atoms with Gasteiger partial charge in [0.15, 0.2) is 0 Å². The number of carbonyl (C=O) groups excluding carboxylic acids is 1. The summed E-state index contributed by atoms with van der Waals surface area (Å²) in [5.74, 6) is -0.304. The van der Waals surface area contributed by atoms with Crippen LogP contribution in [0.25, 0.3) is 0 Å². The molecule has 1 rings (SSSR count). The van der Waals surface area contributed by atoms with Crippen LogP contribution in [0, 0.1) is 0 Å². The molecular weight excluding hydrogens is 164 g/mol. The number of rotatable bonds is 3. The topological polar surface area (TPSA) is 26.3 Å². The molecule has 1 fully saturated rings. The zero-order chi connectivity index (χ0) is 9.90. The van der Waals surface area contributed by atoms with E-state index in [0.717, 1.165) is 25.7 Å². The maximum atomic E-state index is 11.3. The first-order valence-corrected chi connectivity index (χ1v) is 4.62. The van der Waals surface area contributed by atoms with Gasteiger partial charge in [-0.25, -0.2) is 4.79 Å². The van der Waals surface area contributed by atoms with Crippen molar-refractivity contribution in [2.75, 3.05) is 0 Å². The Kier molecular flexibility index (Phi) is 2.91. The lowest BCUT2D eigenvalue weighted by atomic mass is 10.0. The van der Waals surface area contributed by atoms with E-state index in [9.17, 15) is 4.79 Å². The van der Waals surface area contributed by atoms with Crippen molar-refractivity contribution in [1.82, 2.24) is 0 Å². The fraction of sp³-hybridized carbons (Fsp3) is 0.545. The third-order valence-corrected chi connectivity index (χ3v) is 2.47. The zero-order valence-corrected chi connectivity index (χ0v) is 8.14. The quantitative estimate of drug-likeness (QED) is 0.379. The smallest absolute Gasteiger partial charge is 0.333 e. The molecule has 0 amide bonds. The molecule has 0 heterocycles. The lowest BCUT2D eigenvalue weighted by Gasteiger charge is -2.24. The van der Waals surface area contributed by atoms with Gasteiger partial charge in [-0.15, -0.1) is 0 Å². The molecule has 0 aromatic heterocycles. The van der Waals surface area contributed by atoms with E-state index in [1.54, 1.807) is 13.0 Å². The molecule has 72 valence electrons. The standard InChI is InChI=1S/C11H16O2/c1-4-11(7-5-6-8-11)13-10(12)9(2)3/h4H,1-2,5-8H2,3H3. The second-order valence-electron chi connectivity index (χ2n) is 3.65. The summed E-state index contributed by atoms with van der Waals surface area (Å²) >= 11 is 0. The monoisotopic (exact) mass is 180 g/mol.